The molecular weight excluding hydrogens is 296 g/mol. The minimum atomic E-state index is -0.839. The van der Waals surface area contributed by atoms with Crippen molar-refractivity contribution in [1.29, 1.82) is 0 Å². The number of aliphatic carboxylic acids is 1. The standard InChI is InChI=1S/C13H12N2O3S2/c1-7-10(12(16)15-4-9(5-15)13(17)18)20-11(14-7)8-2-3-19-6-8/h2-3,6,9H,4-5H2,1H3,(H,17,18). The van der Waals surface area contributed by atoms with E-state index >= 15 is 0 Å². The third-order valence-electron chi connectivity index (χ3n) is 3.28. The average molecular weight is 308 g/mol. The molecule has 1 amide bonds. The molecule has 5 nitrogen and oxygen atoms in total. The van der Waals surface area contributed by atoms with Gasteiger partial charge in [0.25, 0.3) is 5.91 Å². The van der Waals surface area contributed by atoms with E-state index in [1.165, 1.54) is 11.3 Å². The van der Waals surface area contributed by atoms with Crippen molar-refractivity contribution in [3.63, 3.8) is 0 Å². The Bertz CT molecular complexity index is 657. The largest absolute Gasteiger partial charge is 0.481 e. The number of hydrogen-bond donors (Lipinski definition) is 1. The number of likely N-dealkylation sites (tertiary alicyclic amines) is 1. The minimum Gasteiger partial charge on any atom is -0.481 e. The maximum atomic E-state index is 12.3. The van der Waals surface area contributed by atoms with Crippen molar-refractivity contribution in [3.05, 3.63) is 27.4 Å². The van der Waals surface area contributed by atoms with Gasteiger partial charge < -0.3 is 10.0 Å². The highest BCUT2D eigenvalue weighted by atomic mass is 32.1. The number of hydrogen-bond acceptors (Lipinski definition) is 5. The first-order valence-corrected chi connectivity index (χ1v) is 7.84. The molecule has 1 saturated heterocycles. The molecule has 3 rings (SSSR count). The van der Waals surface area contributed by atoms with Crippen molar-refractivity contribution < 1.29 is 14.7 Å². The molecule has 0 unspecified atom stereocenters. The molecule has 2 aromatic heterocycles. The van der Waals surface area contributed by atoms with Gasteiger partial charge in [0.2, 0.25) is 0 Å². The maximum Gasteiger partial charge on any atom is 0.310 e. The first-order chi connectivity index (χ1) is 9.56. The van der Waals surface area contributed by atoms with Gasteiger partial charge in [0, 0.05) is 24.0 Å². The zero-order valence-corrected chi connectivity index (χ0v) is 12.3. The van der Waals surface area contributed by atoms with Crippen LogP contribution >= 0.6 is 22.7 Å². The molecule has 3 heterocycles. The quantitative estimate of drug-likeness (QED) is 0.945. The van der Waals surface area contributed by atoms with Crippen molar-refractivity contribution in [1.82, 2.24) is 9.88 Å². The van der Waals surface area contributed by atoms with Gasteiger partial charge in [-0.1, -0.05) is 0 Å². The number of thiazole rings is 1. The minimum absolute atomic E-state index is 0.112. The molecule has 20 heavy (non-hydrogen) atoms. The van der Waals surface area contributed by atoms with Gasteiger partial charge in [0.05, 0.1) is 11.6 Å². The molecule has 0 aliphatic carbocycles. The van der Waals surface area contributed by atoms with Crippen LogP contribution in [0, 0.1) is 12.8 Å². The van der Waals surface area contributed by atoms with Gasteiger partial charge in [0.15, 0.2) is 0 Å². The second kappa shape index (κ2) is 4.99. The number of aryl methyl sites for hydroxylation is 1. The number of carbonyl (C=O) groups excluding carboxylic acids is 1. The van der Waals surface area contributed by atoms with Crippen LogP contribution in [0.4, 0.5) is 0 Å². The fourth-order valence-electron chi connectivity index (χ4n) is 2.05. The van der Waals surface area contributed by atoms with Crippen molar-refractivity contribution in [2.45, 2.75) is 6.92 Å². The summed E-state index contributed by atoms with van der Waals surface area (Å²) >= 11 is 2.96. The van der Waals surface area contributed by atoms with Crippen LogP contribution in [0.2, 0.25) is 0 Å². The fourth-order valence-corrected chi connectivity index (χ4v) is 3.79. The van der Waals surface area contributed by atoms with E-state index in [0.717, 1.165) is 10.6 Å². The molecule has 0 saturated carbocycles. The topological polar surface area (TPSA) is 70.5 Å². The Kier molecular flexibility index (Phi) is 3.31. The number of amides is 1. The number of nitrogens with zero attached hydrogens (tertiary/aromatic N) is 2. The lowest BCUT2D eigenvalue weighted by Crippen LogP contribution is -2.52. The van der Waals surface area contributed by atoms with Crippen molar-refractivity contribution in [2.24, 2.45) is 5.92 Å². The predicted octanol–water partition coefficient (Wildman–Crippen LogP) is 2.34. The molecule has 0 bridgehead atoms. The summed E-state index contributed by atoms with van der Waals surface area (Å²) in [5.74, 6) is -1.38. The highest BCUT2D eigenvalue weighted by Crippen LogP contribution is 2.31. The van der Waals surface area contributed by atoms with Gasteiger partial charge in [-0.2, -0.15) is 11.3 Å². The lowest BCUT2D eigenvalue weighted by Gasteiger charge is -2.36. The zero-order valence-electron chi connectivity index (χ0n) is 10.7. The van der Waals surface area contributed by atoms with E-state index < -0.39 is 11.9 Å². The van der Waals surface area contributed by atoms with E-state index in [0.29, 0.717) is 23.7 Å². The summed E-state index contributed by atoms with van der Waals surface area (Å²) in [6, 6.07) is 1.97. The molecule has 2 aromatic rings. The molecule has 1 fully saturated rings. The number of thiophene rings is 1. The first-order valence-electron chi connectivity index (χ1n) is 6.08. The normalized spacial score (nSPS) is 15.2. The molecule has 1 N–H and O–H groups in total. The summed E-state index contributed by atoms with van der Waals surface area (Å²) < 4.78 is 0. The second-order valence-corrected chi connectivity index (χ2v) is 6.47. The molecule has 7 heteroatoms. The van der Waals surface area contributed by atoms with Crippen LogP contribution in [0.3, 0.4) is 0 Å². The lowest BCUT2D eigenvalue weighted by atomic mass is 10.0. The second-order valence-electron chi connectivity index (χ2n) is 4.69. The summed E-state index contributed by atoms with van der Waals surface area (Å²) in [5, 5.41) is 13.6. The van der Waals surface area contributed by atoms with Gasteiger partial charge in [0.1, 0.15) is 9.88 Å². The molecule has 1 aliphatic heterocycles. The third-order valence-corrected chi connectivity index (χ3v) is 5.15. The highest BCUT2D eigenvalue weighted by Gasteiger charge is 2.37. The van der Waals surface area contributed by atoms with E-state index in [-0.39, 0.29) is 5.91 Å². The number of rotatable bonds is 3. The lowest BCUT2D eigenvalue weighted by molar-refractivity contribution is -0.146. The fraction of sp³-hybridized carbons (Fsp3) is 0.308. The number of aromatic nitrogens is 1. The Morgan fingerprint density at radius 3 is 2.80 bits per heavy atom. The Morgan fingerprint density at radius 1 is 1.45 bits per heavy atom. The van der Waals surface area contributed by atoms with Crippen molar-refractivity contribution >= 4 is 34.6 Å². The van der Waals surface area contributed by atoms with E-state index in [1.807, 2.05) is 23.8 Å². The van der Waals surface area contributed by atoms with Crippen LogP contribution in [0.5, 0.6) is 0 Å². The summed E-state index contributed by atoms with van der Waals surface area (Å²) in [7, 11) is 0. The maximum absolute atomic E-state index is 12.3. The number of carboxylic acid groups (broad SMARTS) is 1. The van der Waals surface area contributed by atoms with Gasteiger partial charge >= 0.3 is 5.97 Å². The number of carboxylic acids is 1. The molecule has 0 radical (unpaired) electrons. The van der Waals surface area contributed by atoms with Crippen LogP contribution in [0.15, 0.2) is 16.8 Å². The Hall–Kier alpha value is -1.73. The van der Waals surface area contributed by atoms with Crippen LogP contribution in [0.1, 0.15) is 15.4 Å². The van der Waals surface area contributed by atoms with E-state index in [9.17, 15) is 9.59 Å². The molecule has 104 valence electrons. The van der Waals surface area contributed by atoms with Crippen LogP contribution in [-0.4, -0.2) is 40.0 Å². The van der Waals surface area contributed by atoms with Crippen LogP contribution in [0.25, 0.3) is 10.6 Å². The number of carbonyl (C=O) groups is 2. The summed E-state index contributed by atoms with van der Waals surface area (Å²) in [5.41, 5.74) is 1.73. The third kappa shape index (κ3) is 2.23. The average Bonchev–Trinajstić information content (AvgIpc) is 2.94. The Morgan fingerprint density at radius 2 is 2.20 bits per heavy atom. The first kappa shape index (κ1) is 13.3. The van der Waals surface area contributed by atoms with Gasteiger partial charge in [-0.05, 0) is 18.4 Å². The molecule has 0 spiro atoms. The molecule has 0 atom stereocenters. The van der Waals surface area contributed by atoms with Gasteiger partial charge in [-0.3, -0.25) is 9.59 Å². The summed E-state index contributed by atoms with van der Waals surface area (Å²) in [6.45, 7) is 2.40. The Balaban J connectivity index is 1.78. The van der Waals surface area contributed by atoms with Crippen LogP contribution < -0.4 is 0 Å². The SMILES string of the molecule is Cc1nc(-c2ccsc2)sc1C(=O)N1CC(C(=O)O)C1. The molecular formula is C13H12N2O3S2. The van der Waals surface area contributed by atoms with E-state index in [1.54, 1.807) is 16.2 Å². The van der Waals surface area contributed by atoms with Crippen molar-refractivity contribution in [3.8, 4) is 10.6 Å². The molecule has 1 aliphatic rings. The van der Waals surface area contributed by atoms with Crippen LogP contribution in [-0.2, 0) is 4.79 Å². The van der Waals surface area contributed by atoms with E-state index in [2.05, 4.69) is 4.98 Å². The van der Waals surface area contributed by atoms with Gasteiger partial charge in [-0.15, -0.1) is 11.3 Å². The zero-order chi connectivity index (χ0) is 14.3. The summed E-state index contributed by atoms with van der Waals surface area (Å²) in [4.78, 5) is 29.7. The Labute approximate surface area is 123 Å². The van der Waals surface area contributed by atoms with E-state index in [4.69, 9.17) is 5.11 Å². The molecule has 0 aromatic carbocycles. The van der Waals surface area contributed by atoms with Crippen molar-refractivity contribution in [2.75, 3.05) is 13.1 Å². The predicted molar refractivity (Wildman–Crippen MR) is 77.2 cm³/mol. The highest BCUT2D eigenvalue weighted by molar-refractivity contribution is 7.17. The monoisotopic (exact) mass is 308 g/mol. The smallest absolute Gasteiger partial charge is 0.310 e. The summed E-state index contributed by atoms with van der Waals surface area (Å²) in [6.07, 6.45) is 0. The van der Waals surface area contributed by atoms with Gasteiger partial charge in [-0.25, -0.2) is 4.98 Å².